The lowest BCUT2D eigenvalue weighted by atomic mass is 10.3. The van der Waals surface area contributed by atoms with Gasteiger partial charge in [-0.15, -0.1) is 5.10 Å². The zero-order valence-electron chi connectivity index (χ0n) is 8.31. The van der Waals surface area contributed by atoms with E-state index in [0.29, 0.717) is 11.6 Å². The zero-order valence-corrected chi connectivity index (χ0v) is 9.07. The molecule has 0 radical (unpaired) electrons. The van der Waals surface area contributed by atoms with Crippen LogP contribution in [-0.4, -0.2) is 22.0 Å². The minimum absolute atomic E-state index is 0.693. The molecule has 0 amide bonds. The van der Waals surface area contributed by atoms with Gasteiger partial charge in [0.2, 0.25) is 0 Å². The molecule has 0 saturated heterocycles. The predicted molar refractivity (Wildman–Crippen MR) is 59.1 cm³/mol. The average Bonchev–Trinajstić information content (AvgIpc) is 2.67. The van der Waals surface area contributed by atoms with Crippen molar-refractivity contribution in [2.75, 3.05) is 7.05 Å². The number of halogens is 1. The lowest BCUT2D eigenvalue weighted by molar-refractivity contribution is 0.767. The van der Waals surface area contributed by atoms with E-state index in [-0.39, 0.29) is 0 Å². The molecular weight excluding hydrogens is 212 g/mol. The summed E-state index contributed by atoms with van der Waals surface area (Å²) in [5, 5.41) is 11.7. The third kappa shape index (κ3) is 2.34. The second-order valence-corrected chi connectivity index (χ2v) is 3.60. The van der Waals surface area contributed by atoms with Crippen LogP contribution in [0.5, 0.6) is 0 Å². The summed E-state index contributed by atoms with van der Waals surface area (Å²) < 4.78 is 1.71. The third-order valence-electron chi connectivity index (χ3n) is 1.97. The van der Waals surface area contributed by atoms with Crippen LogP contribution in [0.3, 0.4) is 0 Å². The molecule has 15 heavy (non-hydrogen) atoms. The van der Waals surface area contributed by atoms with Crippen molar-refractivity contribution in [2.45, 2.75) is 6.54 Å². The minimum atomic E-state index is 0.693. The Labute approximate surface area is 92.9 Å². The fourth-order valence-electron chi connectivity index (χ4n) is 1.31. The van der Waals surface area contributed by atoms with Gasteiger partial charge < -0.3 is 5.32 Å². The lowest BCUT2D eigenvalue weighted by Crippen LogP contribution is -2.04. The van der Waals surface area contributed by atoms with Gasteiger partial charge in [-0.05, 0) is 25.2 Å². The van der Waals surface area contributed by atoms with Gasteiger partial charge in [0.25, 0.3) is 0 Å². The second kappa shape index (κ2) is 4.42. The molecule has 0 aliphatic heterocycles. The number of hydrogen-bond donors (Lipinski definition) is 1. The van der Waals surface area contributed by atoms with Crippen LogP contribution in [0.25, 0.3) is 5.69 Å². The molecule has 0 aliphatic rings. The number of nitrogens with one attached hydrogen (secondary N) is 1. The van der Waals surface area contributed by atoms with E-state index in [1.807, 2.05) is 37.5 Å². The second-order valence-electron chi connectivity index (χ2n) is 3.16. The molecule has 1 N–H and O–H groups in total. The molecule has 0 atom stereocenters. The van der Waals surface area contributed by atoms with Gasteiger partial charge in [0.05, 0.1) is 17.6 Å². The molecule has 0 saturated carbocycles. The van der Waals surface area contributed by atoms with Gasteiger partial charge >= 0.3 is 0 Å². The maximum atomic E-state index is 5.89. The highest BCUT2D eigenvalue weighted by Gasteiger charge is 2.01. The van der Waals surface area contributed by atoms with Crippen LogP contribution in [0.4, 0.5) is 0 Å². The molecule has 1 aromatic heterocycles. The van der Waals surface area contributed by atoms with Gasteiger partial charge in [0.1, 0.15) is 0 Å². The van der Waals surface area contributed by atoms with Crippen LogP contribution < -0.4 is 5.32 Å². The van der Waals surface area contributed by atoms with E-state index in [9.17, 15) is 0 Å². The Morgan fingerprint density at radius 1 is 1.47 bits per heavy atom. The quantitative estimate of drug-likeness (QED) is 0.859. The van der Waals surface area contributed by atoms with E-state index in [1.165, 1.54) is 0 Å². The van der Waals surface area contributed by atoms with E-state index < -0.39 is 0 Å². The monoisotopic (exact) mass is 222 g/mol. The average molecular weight is 223 g/mol. The Kier molecular flexibility index (Phi) is 2.99. The van der Waals surface area contributed by atoms with Crippen molar-refractivity contribution in [1.82, 2.24) is 20.3 Å². The van der Waals surface area contributed by atoms with E-state index in [0.717, 1.165) is 11.4 Å². The van der Waals surface area contributed by atoms with Crippen LogP contribution in [0.1, 0.15) is 5.69 Å². The lowest BCUT2D eigenvalue weighted by Gasteiger charge is -1.99. The van der Waals surface area contributed by atoms with Crippen molar-refractivity contribution >= 4 is 11.6 Å². The highest BCUT2D eigenvalue weighted by molar-refractivity contribution is 6.30. The molecule has 2 aromatic rings. The van der Waals surface area contributed by atoms with Crippen molar-refractivity contribution in [3.63, 3.8) is 0 Å². The number of nitrogens with zero attached hydrogens (tertiary/aromatic N) is 3. The molecule has 0 fully saturated rings. The fraction of sp³-hybridized carbons (Fsp3) is 0.200. The Morgan fingerprint density at radius 2 is 2.33 bits per heavy atom. The Hall–Kier alpha value is -1.39. The summed E-state index contributed by atoms with van der Waals surface area (Å²) in [6, 6.07) is 7.50. The first kappa shape index (κ1) is 10.1. The van der Waals surface area contributed by atoms with E-state index in [2.05, 4.69) is 15.6 Å². The summed E-state index contributed by atoms with van der Waals surface area (Å²) in [4.78, 5) is 0. The fourth-order valence-corrected chi connectivity index (χ4v) is 1.49. The van der Waals surface area contributed by atoms with Gasteiger partial charge in [-0.1, -0.05) is 22.9 Å². The highest BCUT2D eigenvalue weighted by atomic mass is 35.5. The normalized spacial score (nSPS) is 10.5. The first-order chi connectivity index (χ1) is 7.29. The number of rotatable bonds is 3. The van der Waals surface area contributed by atoms with Gasteiger partial charge in [-0.25, -0.2) is 4.68 Å². The summed E-state index contributed by atoms with van der Waals surface area (Å²) in [5.41, 5.74) is 1.81. The molecular formula is C10H11ClN4. The maximum absolute atomic E-state index is 5.89. The zero-order chi connectivity index (χ0) is 10.7. The predicted octanol–water partition coefficient (Wildman–Crippen LogP) is 1.64. The number of hydrogen-bond acceptors (Lipinski definition) is 3. The summed E-state index contributed by atoms with van der Waals surface area (Å²) in [6.45, 7) is 0.709. The molecule has 5 heteroatoms. The van der Waals surface area contributed by atoms with E-state index in [1.54, 1.807) is 4.68 Å². The Balaban J connectivity index is 2.29. The molecule has 78 valence electrons. The summed E-state index contributed by atoms with van der Waals surface area (Å²) in [5.74, 6) is 0. The molecule has 0 bridgehead atoms. The van der Waals surface area contributed by atoms with E-state index >= 15 is 0 Å². The summed E-state index contributed by atoms with van der Waals surface area (Å²) >= 11 is 5.89. The Morgan fingerprint density at radius 3 is 3.07 bits per heavy atom. The molecule has 1 aromatic carbocycles. The first-order valence-corrected chi connectivity index (χ1v) is 4.99. The van der Waals surface area contributed by atoms with Crippen LogP contribution in [0, 0.1) is 0 Å². The molecule has 0 spiro atoms. The smallest absolute Gasteiger partial charge is 0.0969 e. The molecule has 0 aliphatic carbocycles. The molecule has 1 heterocycles. The van der Waals surface area contributed by atoms with Gasteiger partial charge in [0.15, 0.2) is 0 Å². The number of benzene rings is 1. The van der Waals surface area contributed by atoms with Crippen molar-refractivity contribution < 1.29 is 0 Å². The van der Waals surface area contributed by atoms with Crippen molar-refractivity contribution in [2.24, 2.45) is 0 Å². The molecule has 0 unspecified atom stereocenters. The SMILES string of the molecule is CNCc1cn(-c2cccc(Cl)c2)nn1. The number of aromatic nitrogens is 3. The largest absolute Gasteiger partial charge is 0.314 e. The first-order valence-electron chi connectivity index (χ1n) is 4.61. The summed E-state index contributed by atoms with van der Waals surface area (Å²) in [7, 11) is 1.87. The van der Waals surface area contributed by atoms with Crippen molar-refractivity contribution in [3.8, 4) is 5.69 Å². The topological polar surface area (TPSA) is 42.7 Å². The Bertz CT molecular complexity index is 452. The van der Waals surface area contributed by atoms with Gasteiger partial charge in [-0.3, -0.25) is 0 Å². The third-order valence-corrected chi connectivity index (χ3v) is 2.21. The van der Waals surface area contributed by atoms with Crippen LogP contribution in [0.15, 0.2) is 30.5 Å². The standard InChI is InChI=1S/C10H11ClN4/c1-12-6-9-7-15(14-13-9)10-4-2-3-8(11)5-10/h2-5,7,12H,6H2,1H3. The highest BCUT2D eigenvalue weighted by Crippen LogP contribution is 2.13. The minimum Gasteiger partial charge on any atom is -0.314 e. The molecule has 2 rings (SSSR count). The van der Waals surface area contributed by atoms with Gasteiger partial charge in [0, 0.05) is 11.6 Å². The van der Waals surface area contributed by atoms with Crippen LogP contribution >= 0.6 is 11.6 Å². The van der Waals surface area contributed by atoms with Gasteiger partial charge in [-0.2, -0.15) is 0 Å². The van der Waals surface area contributed by atoms with Crippen molar-refractivity contribution in [1.29, 1.82) is 0 Å². The van der Waals surface area contributed by atoms with Crippen molar-refractivity contribution in [3.05, 3.63) is 41.2 Å². The van der Waals surface area contributed by atoms with E-state index in [4.69, 9.17) is 11.6 Å². The maximum Gasteiger partial charge on any atom is 0.0969 e. The molecule has 4 nitrogen and oxygen atoms in total. The van der Waals surface area contributed by atoms with Crippen LogP contribution in [0.2, 0.25) is 5.02 Å². The van der Waals surface area contributed by atoms with Crippen LogP contribution in [-0.2, 0) is 6.54 Å². The summed E-state index contributed by atoms with van der Waals surface area (Å²) in [6.07, 6.45) is 1.88.